The predicted octanol–water partition coefficient (Wildman–Crippen LogP) is 2.45. The number of carboxylic acids is 1. The quantitative estimate of drug-likeness (QED) is 0.637. The summed E-state index contributed by atoms with van der Waals surface area (Å²) in [5.74, 6) is -0.271. The number of carbonyl (C=O) groups is 1. The van der Waals surface area contributed by atoms with Gasteiger partial charge in [-0.1, -0.05) is 19.4 Å². The van der Waals surface area contributed by atoms with Crippen molar-refractivity contribution >= 4 is 5.97 Å². The zero-order chi connectivity index (χ0) is 9.02. The lowest BCUT2D eigenvalue weighted by Gasteiger charge is -2.06. The Morgan fingerprint density at radius 1 is 1.36 bits per heavy atom. The Kier molecular flexibility index (Phi) is 3.86. The molecule has 0 atom stereocenters. The Morgan fingerprint density at radius 2 is 1.82 bits per heavy atom. The van der Waals surface area contributed by atoms with Crippen molar-refractivity contribution in [2.75, 3.05) is 0 Å². The molecule has 0 saturated carbocycles. The second-order valence-corrected chi connectivity index (χ2v) is 3.31. The zero-order valence-electron chi connectivity index (χ0n) is 7.64. The van der Waals surface area contributed by atoms with Gasteiger partial charge in [0.15, 0.2) is 0 Å². The lowest BCUT2D eigenvalue weighted by molar-refractivity contribution is -0.132. The predicted molar refractivity (Wildman–Crippen MR) is 45.5 cm³/mol. The van der Waals surface area contributed by atoms with E-state index in [9.17, 15) is 4.79 Å². The topological polar surface area (TPSA) is 37.3 Å². The van der Waals surface area contributed by atoms with Gasteiger partial charge in [0.2, 0.25) is 0 Å². The zero-order valence-corrected chi connectivity index (χ0v) is 7.64. The molecular formula is C9H16O2. The van der Waals surface area contributed by atoms with Crippen LogP contribution < -0.4 is 0 Å². The summed E-state index contributed by atoms with van der Waals surface area (Å²) < 4.78 is 0. The molecule has 0 rings (SSSR count). The van der Waals surface area contributed by atoms with Gasteiger partial charge in [0.1, 0.15) is 0 Å². The molecule has 1 N–H and O–H groups in total. The highest BCUT2D eigenvalue weighted by Gasteiger charge is 2.05. The minimum absolute atomic E-state index is 0.485. The molecule has 11 heavy (non-hydrogen) atoms. The van der Waals surface area contributed by atoms with Gasteiger partial charge < -0.3 is 5.11 Å². The van der Waals surface area contributed by atoms with Gasteiger partial charge in [0, 0.05) is 5.57 Å². The first-order valence-electron chi connectivity index (χ1n) is 3.84. The van der Waals surface area contributed by atoms with E-state index >= 15 is 0 Å². The third kappa shape index (κ3) is 3.81. The molecule has 0 aromatic rings. The van der Waals surface area contributed by atoms with Crippen LogP contribution in [-0.4, -0.2) is 11.1 Å². The van der Waals surface area contributed by atoms with Crippen molar-refractivity contribution in [3.05, 3.63) is 11.1 Å². The van der Waals surface area contributed by atoms with Crippen LogP contribution in [0.15, 0.2) is 11.1 Å². The van der Waals surface area contributed by atoms with Gasteiger partial charge in [-0.05, 0) is 26.2 Å². The number of aliphatic carboxylic acids is 1. The highest BCUT2D eigenvalue weighted by molar-refractivity contribution is 5.86. The van der Waals surface area contributed by atoms with E-state index in [1.54, 1.807) is 6.92 Å². The molecule has 0 fully saturated rings. The van der Waals surface area contributed by atoms with Gasteiger partial charge in [-0.25, -0.2) is 4.79 Å². The highest BCUT2D eigenvalue weighted by atomic mass is 16.4. The molecule has 0 aliphatic carbocycles. The summed E-state index contributed by atoms with van der Waals surface area (Å²) in [6, 6.07) is 0. The smallest absolute Gasteiger partial charge is 0.331 e. The highest BCUT2D eigenvalue weighted by Crippen LogP contribution is 2.13. The summed E-state index contributed by atoms with van der Waals surface area (Å²) in [6.45, 7) is 7.70. The van der Waals surface area contributed by atoms with Crippen molar-refractivity contribution in [2.45, 2.75) is 34.1 Å². The van der Waals surface area contributed by atoms with Gasteiger partial charge in [-0.2, -0.15) is 0 Å². The minimum atomic E-state index is -0.803. The number of allylic oxidation sites excluding steroid dienone is 1. The third-order valence-corrected chi connectivity index (χ3v) is 1.68. The van der Waals surface area contributed by atoms with E-state index in [2.05, 4.69) is 13.8 Å². The first-order chi connectivity index (χ1) is 4.95. The fourth-order valence-electron chi connectivity index (χ4n) is 0.948. The SMILES string of the molecule is C/C(CC(C)C)=C(\C)C(=O)O. The van der Waals surface area contributed by atoms with Gasteiger partial charge in [-0.3, -0.25) is 0 Å². The van der Waals surface area contributed by atoms with E-state index in [1.165, 1.54) is 0 Å². The summed E-state index contributed by atoms with van der Waals surface area (Å²) in [6.07, 6.45) is 0.873. The van der Waals surface area contributed by atoms with Crippen molar-refractivity contribution in [1.82, 2.24) is 0 Å². The first-order valence-corrected chi connectivity index (χ1v) is 3.84. The van der Waals surface area contributed by atoms with E-state index in [1.807, 2.05) is 6.92 Å². The Hall–Kier alpha value is -0.790. The molecule has 0 spiro atoms. The standard InChI is InChI=1S/C9H16O2/c1-6(2)5-7(3)8(4)9(10)11/h6H,5H2,1-4H3,(H,10,11)/b8-7-. The summed E-state index contributed by atoms with van der Waals surface area (Å²) >= 11 is 0. The first kappa shape index (κ1) is 10.2. The van der Waals surface area contributed by atoms with Gasteiger partial charge in [0.05, 0.1) is 0 Å². The maximum Gasteiger partial charge on any atom is 0.331 e. The van der Waals surface area contributed by atoms with Crippen LogP contribution in [-0.2, 0) is 4.79 Å². The van der Waals surface area contributed by atoms with Crippen molar-refractivity contribution in [3.63, 3.8) is 0 Å². The van der Waals surface area contributed by atoms with Crippen LogP contribution >= 0.6 is 0 Å². The number of rotatable bonds is 3. The molecule has 0 heterocycles. The third-order valence-electron chi connectivity index (χ3n) is 1.68. The Bertz CT molecular complexity index is 178. The second-order valence-electron chi connectivity index (χ2n) is 3.31. The van der Waals surface area contributed by atoms with Crippen LogP contribution in [0.1, 0.15) is 34.1 Å². The summed E-state index contributed by atoms with van der Waals surface area (Å²) in [5.41, 5.74) is 1.46. The number of hydrogen-bond acceptors (Lipinski definition) is 1. The van der Waals surface area contributed by atoms with E-state index < -0.39 is 5.97 Å². The van der Waals surface area contributed by atoms with Crippen molar-refractivity contribution in [1.29, 1.82) is 0 Å². The molecule has 0 saturated heterocycles. The maximum absolute atomic E-state index is 10.5. The molecule has 0 bridgehead atoms. The summed E-state index contributed by atoms with van der Waals surface area (Å²) in [5, 5.41) is 8.61. The fraction of sp³-hybridized carbons (Fsp3) is 0.667. The maximum atomic E-state index is 10.5. The molecule has 0 aromatic heterocycles. The Balaban J connectivity index is 4.28. The van der Waals surface area contributed by atoms with Crippen LogP contribution in [0.3, 0.4) is 0 Å². The van der Waals surface area contributed by atoms with Crippen LogP contribution in [0.2, 0.25) is 0 Å². The molecule has 0 aliphatic heterocycles. The average Bonchev–Trinajstić information content (AvgIpc) is 1.84. The van der Waals surface area contributed by atoms with Gasteiger partial charge >= 0.3 is 5.97 Å². The van der Waals surface area contributed by atoms with Crippen LogP contribution in [0.25, 0.3) is 0 Å². The van der Waals surface area contributed by atoms with Crippen molar-refractivity contribution in [3.8, 4) is 0 Å². The van der Waals surface area contributed by atoms with Gasteiger partial charge in [0.25, 0.3) is 0 Å². The minimum Gasteiger partial charge on any atom is -0.478 e. The lowest BCUT2D eigenvalue weighted by atomic mass is 10.0. The monoisotopic (exact) mass is 156 g/mol. The Labute approximate surface area is 67.9 Å². The number of hydrogen-bond donors (Lipinski definition) is 1. The average molecular weight is 156 g/mol. The second kappa shape index (κ2) is 4.16. The molecule has 64 valence electrons. The fourth-order valence-corrected chi connectivity index (χ4v) is 0.948. The van der Waals surface area contributed by atoms with Crippen LogP contribution in [0, 0.1) is 5.92 Å². The van der Waals surface area contributed by atoms with E-state index in [-0.39, 0.29) is 0 Å². The Morgan fingerprint density at radius 3 is 2.09 bits per heavy atom. The molecule has 0 amide bonds. The molecule has 0 aliphatic rings. The molecule has 2 nitrogen and oxygen atoms in total. The van der Waals surface area contributed by atoms with E-state index in [4.69, 9.17) is 5.11 Å². The molecular weight excluding hydrogens is 140 g/mol. The van der Waals surface area contributed by atoms with Crippen LogP contribution in [0.5, 0.6) is 0 Å². The van der Waals surface area contributed by atoms with Crippen molar-refractivity contribution < 1.29 is 9.90 Å². The molecule has 0 unspecified atom stereocenters. The number of carboxylic acid groups (broad SMARTS) is 1. The van der Waals surface area contributed by atoms with Gasteiger partial charge in [-0.15, -0.1) is 0 Å². The normalized spacial score (nSPS) is 13.2. The van der Waals surface area contributed by atoms with E-state index in [0.717, 1.165) is 12.0 Å². The summed E-state index contributed by atoms with van der Waals surface area (Å²) in [7, 11) is 0. The molecule has 0 aromatic carbocycles. The molecule has 2 heteroatoms. The lowest BCUT2D eigenvalue weighted by Crippen LogP contribution is -2.01. The van der Waals surface area contributed by atoms with Crippen LogP contribution in [0.4, 0.5) is 0 Å². The largest absolute Gasteiger partial charge is 0.478 e. The molecule has 0 radical (unpaired) electrons. The summed E-state index contributed by atoms with van der Waals surface area (Å²) in [4.78, 5) is 10.5. The van der Waals surface area contributed by atoms with Crippen molar-refractivity contribution in [2.24, 2.45) is 5.92 Å². The van der Waals surface area contributed by atoms with E-state index in [0.29, 0.717) is 11.5 Å².